The molecule has 0 spiro atoms. The fraction of sp³-hybridized carbons (Fsp3) is 0. The van der Waals surface area contributed by atoms with Gasteiger partial charge in [-0.3, -0.25) is 0 Å². The zero-order valence-corrected chi connectivity index (χ0v) is 10.0. The lowest BCUT2D eigenvalue weighted by Crippen LogP contribution is -1.91. The number of nitrogens with zero attached hydrogens (tertiary/aromatic N) is 2. The Morgan fingerprint density at radius 3 is 2.68 bits per heavy atom. The van der Waals surface area contributed by atoms with Gasteiger partial charge in [-0.1, -0.05) is 0 Å². The summed E-state index contributed by atoms with van der Waals surface area (Å²) < 4.78 is 0. The van der Waals surface area contributed by atoms with Crippen LogP contribution in [0.4, 0.5) is 17.3 Å². The SMILES string of the molecule is N#Cc1ccc(Nc2nc3ccc(N)cc3[nH]2)cc1. The predicted molar refractivity (Wildman–Crippen MR) is 74.9 cm³/mol. The smallest absolute Gasteiger partial charge is 0.205 e. The van der Waals surface area contributed by atoms with Gasteiger partial charge in [-0.2, -0.15) is 5.26 Å². The van der Waals surface area contributed by atoms with E-state index in [2.05, 4.69) is 21.4 Å². The van der Waals surface area contributed by atoms with Crippen molar-refractivity contribution in [1.82, 2.24) is 9.97 Å². The molecule has 1 heterocycles. The first-order chi connectivity index (χ1) is 9.24. The molecule has 5 nitrogen and oxygen atoms in total. The lowest BCUT2D eigenvalue weighted by molar-refractivity contribution is 1.31. The minimum atomic E-state index is 0.628. The first-order valence-electron chi connectivity index (χ1n) is 5.77. The van der Waals surface area contributed by atoms with Crippen molar-refractivity contribution in [3.05, 3.63) is 48.0 Å². The molecule has 0 saturated carbocycles. The van der Waals surface area contributed by atoms with E-state index in [1.54, 1.807) is 12.1 Å². The third kappa shape index (κ3) is 2.19. The van der Waals surface area contributed by atoms with Crippen molar-refractivity contribution >= 4 is 28.4 Å². The summed E-state index contributed by atoms with van der Waals surface area (Å²) in [5.41, 5.74) is 9.65. The quantitative estimate of drug-likeness (QED) is 0.609. The van der Waals surface area contributed by atoms with Crippen LogP contribution in [0.15, 0.2) is 42.5 Å². The van der Waals surface area contributed by atoms with E-state index in [0.29, 0.717) is 17.2 Å². The maximum absolute atomic E-state index is 8.74. The van der Waals surface area contributed by atoms with Gasteiger partial charge in [0.2, 0.25) is 5.95 Å². The summed E-state index contributed by atoms with van der Waals surface area (Å²) in [5, 5.41) is 11.9. The van der Waals surface area contributed by atoms with E-state index in [9.17, 15) is 0 Å². The highest BCUT2D eigenvalue weighted by atomic mass is 15.1. The number of rotatable bonds is 2. The summed E-state index contributed by atoms with van der Waals surface area (Å²) in [5.74, 6) is 0.644. The molecule has 3 rings (SSSR count). The van der Waals surface area contributed by atoms with Crippen LogP contribution >= 0.6 is 0 Å². The van der Waals surface area contributed by atoms with E-state index >= 15 is 0 Å². The second-order valence-corrected chi connectivity index (χ2v) is 4.18. The fourth-order valence-corrected chi connectivity index (χ4v) is 1.85. The molecule has 0 fully saturated rings. The summed E-state index contributed by atoms with van der Waals surface area (Å²) in [6, 6.07) is 14.8. The van der Waals surface area contributed by atoms with E-state index in [1.165, 1.54) is 0 Å². The van der Waals surface area contributed by atoms with Crippen LogP contribution < -0.4 is 11.1 Å². The summed E-state index contributed by atoms with van der Waals surface area (Å²) in [6.45, 7) is 0. The highest BCUT2D eigenvalue weighted by Gasteiger charge is 2.03. The summed E-state index contributed by atoms with van der Waals surface area (Å²) in [4.78, 5) is 7.55. The topological polar surface area (TPSA) is 90.5 Å². The minimum absolute atomic E-state index is 0.628. The van der Waals surface area contributed by atoms with E-state index in [-0.39, 0.29) is 0 Å². The number of anilines is 3. The number of imidazole rings is 1. The number of nitrogens with one attached hydrogen (secondary N) is 2. The minimum Gasteiger partial charge on any atom is -0.399 e. The molecule has 0 unspecified atom stereocenters. The van der Waals surface area contributed by atoms with Crippen LogP contribution in [-0.2, 0) is 0 Å². The zero-order chi connectivity index (χ0) is 13.2. The predicted octanol–water partition coefficient (Wildman–Crippen LogP) is 2.76. The van der Waals surface area contributed by atoms with Crippen LogP contribution in [0.5, 0.6) is 0 Å². The van der Waals surface area contributed by atoms with Gasteiger partial charge in [0, 0.05) is 11.4 Å². The second-order valence-electron chi connectivity index (χ2n) is 4.18. The van der Waals surface area contributed by atoms with Gasteiger partial charge in [-0.05, 0) is 42.5 Å². The van der Waals surface area contributed by atoms with Crippen LogP contribution in [0, 0.1) is 11.3 Å². The van der Waals surface area contributed by atoms with Gasteiger partial charge < -0.3 is 16.0 Å². The van der Waals surface area contributed by atoms with Gasteiger partial charge in [0.1, 0.15) is 0 Å². The third-order valence-corrected chi connectivity index (χ3v) is 2.78. The molecular formula is C14H11N5. The number of H-pyrrole nitrogens is 1. The van der Waals surface area contributed by atoms with Crippen LogP contribution in [0.25, 0.3) is 11.0 Å². The van der Waals surface area contributed by atoms with Crippen molar-refractivity contribution in [2.75, 3.05) is 11.1 Å². The summed E-state index contributed by atoms with van der Waals surface area (Å²) >= 11 is 0. The Balaban J connectivity index is 1.90. The number of nitriles is 1. The molecule has 0 atom stereocenters. The Morgan fingerprint density at radius 1 is 1.16 bits per heavy atom. The zero-order valence-electron chi connectivity index (χ0n) is 10.0. The number of benzene rings is 2. The highest BCUT2D eigenvalue weighted by molar-refractivity contribution is 5.81. The number of hydrogen-bond acceptors (Lipinski definition) is 4. The van der Waals surface area contributed by atoms with Gasteiger partial charge in [-0.15, -0.1) is 0 Å². The molecule has 0 radical (unpaired) electrons. The molecule has 4 N–H and O–H groups in total. The van der Waals surface area contributed by atoms with Gasteiger partial charge in [0.25, 0.3) is 0 Å². The number of aromatic amines is 1. The van der Waals surface area contributed by atoms with Crippen LogP contribution in [0.1, 0.15) is 5.56 Å². The first kappa shape index (κ1) is 11.1. The Labute approximate surface area is 109 Å². The van der Waals surface area contributed by atoms with Crippen molar-refractivity contribution < 1.29 is 0 Å². The third-order valence-electron chi connectivity index (χ3n) is 2.78. The number of aromatic nitrogens is 2. The molecule has 1 aromatic heterocycles. The van der Waals surface area contributed by atoms with Crippen LogP contribution in [0.3, 0.4) is 0 Å². The molecule has 2 aromatic carbocycles. The lowest BCUT2D eigenvalue weighted by atomic mass is 10.2. The van der Waals surface area contributed by atoms with E-state index in [0.717, 1.165) is 16.7 Å². The lowest BCUT2D eigenvalue weighted by Gasteiger charge is -2.01. The van der Waals surface area contributed by atoms with Crippen LogP contribution in [0.2, 0.25) is 0 Å². The molecule has 0 aliphatic rings. The van der Waals surface area contributed by atoms with Crippen LogP contribution in [-0.4, -0.2) is 9.97 Å². The molecule has 92 valence electrons. The molecule has 0 aliphatic carbocycles. The highest BCUT2D eigenvalue weighted by Crippen LogP contribution is 2.20. The molecule has 0 amide bonds. The molecule has 5 heteroatoms. The first-order valence-corrected chi connectivity index (χ1v) is 5.77. The Bertz CT molecular complexity index is 765. The summed E-state index contributed by atoms with van der Waals surface area (Å²) in [6.07, 6.45) is 0. The average Bonchev–Trinajstić information content (AvgIpc) is 2.81. The average molecular weight is 249 g/mol. The van der Waals surface area contributed by atoms with Gasteiger partial charge >= 0.3 is 0 Å². The summed E-state index contributed by atoms with van der Waals surface area (Å²) in [7, 11) is 0. The molecule has 0 saturated heterocycles. The standard InChI is InChI=1S/C14H11N5/c15-8-9-1-4-11(5-2-9)17-14-18-12-6-3-10(16)7-13(12)19-14/h1-7H,16H2,(H2,17,18,19). The second kappa shape index (κ2) is 4.35. The van der Waals surface area contributed by atoms with Crippen molar-refractivity contribution in [3.8, 4) is 6.07 Å². The molecule has 19 heavy (non-hydrogen) atoms. The van der Waals surface area contributed by atoms with E-state index in [4.69, 9.17) is 11.0 Å². The van der Waals surface area contributed by atoms with Crippen molar-refractivity contribution in [3.63, 3.8) is 0 Å². The molecule has 3 aromatic rings. The maximum atomic E-state index is 8.74. The normalized spacial score (nSPS) is 10.3. The maximum Gasteiger partial charge on any atom is 0.205 e. The largest absolute Gasteiger partial charge is 0.399 e. The van der Waals surface area contributed by atoms with Gasteiger partial charge in [0.15, 0.2) is 0 Å². The molecular weight excluding hydrogens is 238 g/mol. The number of nitrogen functional groups attached to an aromatic ring is 1. The van der Waals surface area contributed by atoms with Gasteiger partial charge in [0.05, 0.1) is 22.7 Å². The van der Waals surface area contributed by atoms with Crippen molar-refractivity contribution in [2.24, 2.45) is 0 Å². The Morgan fingerprint density at radius 2 is 1.95 bits per heavy atom. The number of hydrogen-bond donors (Lipinski definition) is 3. The van der Waals surface area contributed by atoms with E-state index < -0.39 is 0 Å². The van der Waals surface area contributed by atoms with E-state index in [1.807, 2.05) is 30.3 Å². The Kier molecular flexibility index (Phi) is 2.54. The fourth-order valence-electron chi connectivity index (χ4n) is 1.85. The van der Waals surface area contributed by atoms with Gasteiger partial charge in [-0.25, -0.2) is 4.98 Å². The monoisotopic (exact) mass is 249 g/mol. The van der Waals surface area contributed by atoms with Crippen molar-refractivity contribution in [1.29, 1.82) is 5.26 Å². The molecule has 0 bridgehead atoms. The van der Waals surface area contributed by atoms with Crippen molar-refractivity contribution in [2.45, 2.75) is 0 Å². The Hall–Kier alpha value is -3.00. The number of nitrogens with two attached hydrogens (primary N) is 1. The molecule has 0 aliphatic heterocycles. The number of fused-ring (bicyclic) bond motifs is 1.